The molecule has 0 bridgehead atoms. The maximum atomic E-state index is 12.7. The van der Waals surface area contributed by atoms with Gasteiger partial charge in [-0.1, -0.05) is 35.0 Å². The monoisotopic (exact) mass is 385 g/mol. The van der Waals surface area contributed by atoms with Gasteiger partial charge in [0.15, 0.2) is 0 Å². The van der Waals surface area contributed by atoms with Gasteiger partial charge in [0.25, 0.3) is 5.56 Å². The van der Waals surface area contributed by atoms with Crippen LogP contribution in [0.4, 0.5) is 5.69 Å². The zero-order valence-corrected chi connectivity index (χ0v) is 14.7. The van der Waals surface area contributed by atoms with Gasteiger partial charge < -0.3 is 5.32 Å². The van der Waals surface area contributed by atoms with Crippen LogP contribution in [0.1, 0.15) is 12.7 Å². The predicted octanol–water partition coefficient (Wildman–Crippen LogP) is 3.36. The second-order valence-corrected chi connectivity index (χ2v) is 6.26. The Morgan fingerprint density at radius 3 is 2.58 bits per heavy atom. The normalized spacial score (nSPS) is 10.8. The van der Waals surface area contributed by atoms with Gasteiger partial charge in [0, 0.05) is 16.6 Å². The second kappa shape index (κ2) is 6.97. The van der Waals surface area contributed by atoms with Crippen LogP contribution < -0.4 is 10.9 Å². The molecule has 0 fully saturated rings. The lowest BCUT2D eigenvalue weighted by atomic mass is 10.2. The summed E-state index contributed by atoms with van der Waals surface area (Å²) in [5, 5.41) is 3.32. The van der Waals surface area contributed by atoms with E-state index in [4.69, 9.17) is 0 Å². The molecule has 0 aliphatic rings. The van der Waals surface area contributed by atoms with Crippen molar-refractivity contribution in [2.75, 3.05) is 5.32 Å². The van der Waals surface area contributed by atoms with Gasteiger partial charge in [0.2, 0.25) is 5.91 Å². The van der Waals surface area contributed by atoms with Gasteiger partial charge in [-0.25, -0.2) is 4.98 Å². The van der Waals surface area contributed by atoms with E-state index in [-0.39, 0.29) is 18.0 Å². The molecule has 0 radical (unpaired) electrons. The van der Waals surface area contributed by atoms with E-state index in [1.54, 1.807) is 24.3 Å². The molecule has 0 saturated heterocycles. The van der Waals surface area contributed by atoms with Crippen LogP contribution in [0, 0.1) is 0 Å². The average molecular weight is 386 g/mol. The molecule has 0 saturated carbocycles. The van der Waals surface area contributed by atoms with Gasteiger partial charge in [-0.2, -0.15) is 0 Å². The van der Waals surface area contributed by atoms with E-state index in [1.807, 2.05) is 31.2 Å². The maximum Gasteiger partial charge on any atom is 0.261 e. The fourth-order valence-corrected chi connectivity index (χ4v) is 2.79. The summed E-state index contributed by atoms with van der Waals surface area (Å²) in [6.45, 7) is 1.86. The van der Waals surface area contributed by atoms with Crippen LogP contribution in [0.2, 0.25) is 0 Å². The highest BCUT2D eigenvalue weighted by Gasteiger charge is 2.13. The largest absolute Gasteiger partial charge is 0.325 e. The lowest BCUT2D eigenvalue weighted by molar-refractivity contribution is -0.116. The second-order valence-electron chi connectivity index (χ2n) is 5.35. The fraction of sp³-hybridized carbons (Fsp3) is 0.167. The van der Waals surface area contributed by atoms with Crippen molar-refractivity contribution in [3.05, 3.63) is 69.2 Å². The van der Waals surface area contributed by atoms with E-state index in [0.717, 1.165) is 4.47 Å². The van der Waals surface area contributed by atoms with Gasteiger partial charge >= 0.3 is 0 Å². The molecular weight excluding hydrogens is 370 g/mol. The van der Waals surface area contributed by atoms with Crippen LogP contribution in [-0.4, -0.2) is 15.5 Å². The van der Waals surface area contributed by atoms with Crippen molar-refractivity contribution in [1.29, 1.82) is 0 Å². The third-order valence-electron chi connectivity index (χ3n) is 3.69. The lowest BCUT2D eigenvalue weighted by Gasteiger charge is -2.12. The zero-order chi connectivity index (χ0) is 17.1. The van der Waals surface area contributed by atoms with E-state index in [2.05, 4.69) is 26.2 Å². The molecule has 1 N–H and O–H groups in total. The number of rotatable bonds is 4. The lowest BCUT2D eigenvalue weighted by Crippen LogP contribution is -2.31. The van der Waals surface area contributed by atoms with E-state index >= 15 is 0 Å². The summed E-state index contributed by atoms with van der Waals surface area (Å²) in [6, 6.07) is 14.5. The molecule has 1 aromatic heterocycles. The topological polar surface area (TPSA) is 64.0 Å². The van der Waals surface area contributed by atoms with Crippen LogP contribution in [0.15, 0.2) is 57.8 Å². The van der Waals surface area contributed by atoms with E-state index in [0.29, 0.717) is 28.8 Å². The maximum absolute atomic E-state index is 12.7. The van der Waals surface area contributed by atoms with Gasteiger partial charge in [-0.3, -0.25) is 14.2 Å². The third-order valence-corrected chi connectivity index (χ3v) is 4.22. The Hall–Kier alpha value is -2.47. The van der Waals surface area contributed by atoms with Crippen molar-refractivity contribution in [1.82, 2.24) is 9.55 Å². The summed E-state index contributed by atoms with van der Waals surface area (Å²) < 4.78 is 2.37. The SMILES string of the molecule is CCc1nc2ccccc2c(=O)n1CC(=O)Nc1ccc(Br)cc1. The Kier molecular flexibility index (Phi) is 4.76. The number of nitrogens with one attached hydrogen (secondary N) is 1. The average Bonchev–Trinajstić information content (AvgIpc) is 2.59. The molecule has 0 unspecified atom stereocenters. The van der Waals surface area contributed by atoms with Gasteiger partial charge in [0.05, 0.1) is 10.9 Å². The van der Waals surface area contributed by atoms with Crippen LogP contribution >= 0.6 is 15.9 Å². The van der Waals surface area contributed by atoms with Crippen LogP contribution in [-0.2, 0) is 17.8 Å². The minimum absolute atomic E-state index is 0.0596. The number of fused-ring (bicyclic) bond motifs is 1. The summed E-state index contributed by atoms with van der Waals surface area (Å²) in [6.07, 6.45) is 0.575. The molecule has 24 heavy (non-hydrogen) atoms. The van der Waals surface area contributed by atoms with Crippen molar-refractivity contribution >= 4 is 38.4 Å². The third kappa shape index (κ3) is 3.38. The minimum atomic E-state index is -0.258. The highest BCUT2D eigenvalue weighted by molar-refractivity contribution is 9.10. The standard InChI is InChI=1S/C18H16BrN3O2/c1-2-16-21-15-6-4-3-5-14(15)18(24)22(16)11-17(23)20-13-9-7-12(19)8-10-13/h3-10H,2,11H2,1H3,(H,20,23). The molecule has 1 heterocycles. The van der Waals surface area contributed by atoms with Crippen LogP contribution in [0.3, 0.4) is 0 Å². The number of carbonyl (C=O) groups excluding carboxylic acids is 1. The molecule has 2 aromatic carbocycles. The predicted molar refractivity (Wildman–Crippen MR) is 98.2 cm³/mol. The van der Waals surface area contributed by atoms with E-state index < -0.39 is 0 Å². The molecule has 122 valence electrons. The number of halogens is 1. The number of amides is 1. The first kappa shape index (κ1) is 16.4. The summed E-state index contributed by atoms with van der Waals surface area (Å²) in [4.78, 5) is 29.5. The number of para-hydroxylation sites is 1. The molecular formula is C18H16BrN3O2. The van der Waals surface area contributed by atoms with Crippen molar-refractivity contribution in [3.8, 4) is 0 Å². The molecule has 0 spiro atoms. The zero-order valence-electron chi connectivity index (χ0n) is 13.1. The number of aromatic nitrogens is 2. The van der Waals surface area contributed by atoms with E-state index in [9.17, 15) is 9.59 Å². The van der Waals surface area contributed by atoms with Crippen LogP contribution in [0.5, 0.6) is 0 Å². The van der Waals surface area contributed by atoms with Gasteiger partial charge in [-0.05, 0) is 36.4 Å². The molecule has 1 amide bonds. The fourth-order valence-electron chi connectivity index (χ4n) is 2.52. The van der Waals surface area contributed by atoms with Crippen molar-refractivity contribution in [2.45, 2.75) is 19.9 Å². The van der Waals surface area contributed by atoms with Crippen LogP contribution in [0.25, 0.3) is 10.9 Å². The van der Waals surface area contributed by atoms with Gasteiger partial charge in [0.1, 0.15) is 12.4 Å². The number of aryl methyl sites for hydroxylation is 1. The molecule has 0 aliphatic heterocycles. The Morgan fingerprint density at radius 2 is 1.88 bits per heavy atom. The summed E-state index contributed by atoms with van der Waals surface area (Å²) in [5.74, 6) is 0.343. The Bertz CT molecular complexity index is 949. The summed E-state index contributed by atoms with van der Waals surface area (Å²) in [5.41, 5.74) is 1.15. The summed E-state index contributed by atoms with van der Waals surface area (Å²) >= 11 is 3.35. The molecule has 0 aliphatic carbocycles. The number of carbonyl (C=O) groups is 1. The number of anilines is 1. The Balaban J connectivity index is 1.91. The minimum Gasteiger partial charge on any atom is -0.325 e. The molecule has 6 heteroatoms. The first-order chi connectivity index (χ1) is 11.6. The smallest absolute Gasteiger partial charge is 0.261 e. The number of hydrogen-bond acceptors (Lipinski definition) is 3. The van der Waals surface area contributed by atoms with E-state index in [1.165, 1.54) is 4.57 Å². The quantitative estimate of drug-likeness (QED) is 0.748. The first-order valence-corrected chi connectivity index (χ1v) is 8.41. The molecule has 3 aromatic rings. The highest BCUT2D eigenvalue weighted by atomic mass is 79.9. The number of nitrogens with zero attached hydrogens (tertiary/aromatic N) is 2. The molecule has 5 nitrogen and oxygen atoms in total. The Labute approximate surface area is 147 Å². The summed E-state index contributed by atoms with van der Waals surface area (Å²) in [7, 11) is 0. The number of hydrogen-bond donors (Lipinski definition) is 1. The van der Waals surface area contributed by atoms with Gasteiger partial charge in [-0.15, -0.1) is 0 Å². The Morgan fingerprint density at radius 1 is 1.17 bits per heavy atom. The van der Waals surface area contributed by atoms with Crippen molar-refractivity contribution in [2.24, 2.45) is 0 Å². The molecule has 0 atom stereocenters. The number of benzene rings is 2. The van der Waals surface area contributed by atoms with Crippen molar-refractivity contribution < 1.29 is 4.79 Å². The first-order valence-electron chi connectivity index (χ1n) is 7.62. The van der Waals surface area contributed by atoms with Crippen molar-refractivity contribution in [3.63, 3.8) is 0 Å². The highest BCUT2D eigenvalue weighted by Crippen LogP contribution is 2.14. The molecule has 3 rings (SSSR count).